The van der Waals surface area contributed by atoms with E-state index in [1.54, 1.807) is 6.07 Å². The quantitative estimate of drug-likeness (QED) is 0.650. The fraction of sp³-hybridized carbons (Fsp3) is 0.500. The first-order valence-electron chi connectivity index (χ1n) is 12.0. The fourth-order valence-corrected chi connectivity index (χ4v) is 5.47. The second-order valence-electron chi connectivity index (χ2n) is 9.64. The Labute approximate surface area is 189 Å². The number of hydrogen-bond acceptors (Lipinski definition) is 5. The van der Waals surface area contributed by atoms with E-state index in [4.69, 9.17) is 9.97 Å². The van der Waals surface area contributed by atoms with Gasteiger partial charge in [0.15, 0.2) is 0 Å². The number of rotatable bonds is 4. The van der Waals surface area contributed by atoms with Gasteiger partial charge in [-0.3, -0.25) is 9.36 Å². The molecule has 3 atom stereocenters. The smallest absolute Gasteiger partial charge is 0.252 e. The van der Waals surface area contributed by atoms with Crippen molar-refractivity contribution < 1.29 is 0 Å². The topological polar surface area (TPSA) is 63.1 Å². The number of fused-ring (bicyclic) bond motifs is 1. The van der Waals surface area contributed by atoms with Gasteiger partial charge in [0, 0.05) is 35.4 Å². The van der Waals surface area contributed by atoms with Crippen molar-refractivity contribution in [2.45, 2.75) is 58.0 Å². The van der Waals surface area contributed by atoms with Gasteiger partial charge in [-0.15, -0.1) is 0 Å². The number of piperidine rings is 1. The third kappa shape index (κ3) is 4.04. The minimum atomic E-state index is 0.0428. The highest BCUT2D eigenvalue weighted by atomic mass is 16.1. The Morgan fingerprint density at radius 1 is 1.00 bits per heavy atom. The lowest BCUT2D eigenvalue weighted by molar-refractivity contribution is 0.207. The Morgan fingerprint density at radius 2 is 1.78 bits per heavy atom. The summed E-state index contributed by atoms with van der Waals surface area (Å²) in [4.78, 5) is 25.3. The molecule has 168 valence electrons. The third-order valence-electron chi connectivity index (χ3n) is 7.33. The van der Waals surface area contributed by atoms with Crippen molar-refractivity contribution >= 4 is 22.7 Å². The molecule has 0 amide bonds. The molecule has 2 aromatic heterocycles. The Balaban J connectivity index is 1.64. The Kier molecular flexibility index (Phi) is 5.96. The molecule has 2 aliphatic rings. The van der Waals surface area contributed by atoms with Crippen LogP contribution in [0.2, 0.25) is 0 Å². The van der Waals surface area contributed by atoms with E-state index in [-0.39, 0.29) is 11.6 Å². The minimum absolute atomic E-state index is 0.0428. The molecule has 6 heteroatoms. The summed E-state index contributed by atoms with van der Waals surface area (Å²) in [6, 6.07) is 14.5. The molecule has 5 rings (SSSR count). The van der Waals surface area contributed by atoms with Crippen molar-refractivity contribution in [1.82, 2.24) is 19.9 Å². The summed E-state index contributed by atoms with van der Waals surface area (Å²) in [6.45, 7) is 6.55. The SMILES string of the molecule is CC1CCC(C)C(n2c(=O)ccc3cnc(N(c4ccccc4)C4CCNCC4)nc32)C1. The van der Waals surface area contributed by atoms with Crippen LogP contribution in [0.25, 0.3) is 11.0 Å². The first-order chi connectivity index (χ1) is 15.6. The van der Waals surface area contributed by atoms with Crippen LogP contribution in [0.4, 0.5) is 11.6 Å². The van der Waals surface area contributed by atoms with Crippen molar-refractivity contribution in [2.75, 3.05) is 18.0 Å². The van der Waals surface area contributed by atoms with E-state index in [1.807, 2.05) is 22.9 Å². The summed E-state index contributed by atoms with van der Waals surface area (Å²) in [6.07, 6.45) is 7.37. The molecule has 1 aromatic carbocycles. The van der Waals surface area contributed by atoms with Gasteiger partial charge >= 0.3 is 0 Å². The van der Waals surface area contributed by atoms with Crippen LogP contribution in [0.15, 0.2) is 53.5 Å². The van der Waals surface area contributed by atoms with Gasteiger partial charge in [-0.25, -0.2) is 4.98 Å². The van der Waals surface area contributed by atoms with Crippen LogP contribution in [0.3, 0.4) is 0 Å². The van der Waals surface area contributed by atoms with E-state index in [2.05, 4.69) is 48.3 Å². The van der Waals surface area contributed by atoms with E-state index < -0.39 is 0 Å². The van der Waals surface area contributed by atoms with Crippen molar-refractivity contribution in [1.29, 1.82) is 0 Å². The normalized spacial score (nSPS) is 24.5. The van der Waals surface area contributed by atoms with Crippen LogP contribution in [0.5, 0.6) is 0 Å². The Hall–Kier alpha value is -2.73. The number of para-hydroxylation sites is 1. The molecule has 1 saturated heterocycles. The molecule has 0 radical (unpaired) electrons. The van der Waals surface area contributed by atoms with Gasteiger partial charge in [-0.2, -0.15) is 4.98 Å². The van der Waals surface area contributed by atoms with Gasteiger partial charge in [0.25, 0.3) is 5.56 Å². The lowest BCUT2D eigenvalue weighted by Crippen LogP contribution is -2.41. The van der Waals surface area contributed by atoms with Gasteiger partial charge in [0.05, 0.1) is 0 Å². The molecular formula is C26H33N5O. The monoisotopic (exact) mass is 431 g/mol. The highest BCUT2D eigenvalue weighted by Crippen LogP contribution is 2.37. The van der Waals surface area contributed by atoms with Gasteiger partial charge in [-0.05, 0) is 68.8 Å². The maximum atomic E-state index is 13.1. The van der Waals surface area contributed by atoms with Crippen molar-refractivity contribution in [3.63, 3.8) is 0 Å². The van der Waals surface area contributed by atoms with E-state index in [0.717, 1.165) is 55.5 Å². The number of nitrogens with one attached hydrogen (secondary N) is 1. The average Bonchev–Trinajstić information content (AvgIpc) is 2.82. The molecule has 0 spiro atoms. The first-order valence-corrected chi connectivity index (χ1v) is 12.0. The molecule has 1 aliphatic carbocycles. The zero-order chi connectivity index (χ0) is 22.1. The van der Waals surface area contributed by atoms with Crippen LogP contribution in [-0.4, -0.2) is 33.7 Å². The number of aromatic nitrogens is 3. The summed E-state index contributed by atoms with van der Waals surface area (Å²) < 4.78 is 1.96. The average molecular weight is 432 g/mol. The summed E-state index contributed by atoms with van der Waals surface area (Å²) in [5.41, 5.74) is 1.91. The zero-order valence-corrected chi connectivity index (χ0v) is 19.1. The van der Waals surface area contributed by atoms with Crippen LogP contribution in [-0.2, 0) is 0 Å². The second kappa shape index (κ2) is 9.02. The molecule has 6 nitrogen and oxygen atoms in total. The Morgan fingerprint density at radius 3 is 2.56 bits per heavy atom. The van der Waals surface area contributed by atoms with Crippen LogP contribution in [0.1, 0.15) is 52.0 Å². The predicted octanol–water partition coefficient (Wildman–Crippen LogP) is 4.68. The van der Waals surface area contributed by atoms with E-state index in [9.17, 15) is 4.79 Å². The summed E-state index contributed by atoms with van der Waals surface area (Å²) in [5, 5.41) is 4.39. The number of benzene rings is 1. The lowest BCUT2D eigenvalue weighted by Gasteiger charge is -2.36. The summed E-state index contributed by atoms with van der Waals surface area (Å²) in [7, 11) is 0. The van der Waals surface area contributed by atoms with Crippen molar-refractivity contribution in [2.24, 2.45) is 11.8 Å². The second-order valence-corrected chi connectivity index (χ2v) is 9.64. The molecule has 1 aliphatic heterocycles. The predicted molar refractivity (Wildman–Crippen MR) is 129 cm³/mol. The van der Waals surface area contributed by atoms with Crippen molar-refractivity contribution in [3.05, 3.63) is 59.0 Å². The molecule has 0 bridgehead atoms. The largest absolute Gasteiger partial charge is 0.317 e. The Bertz CT molecular complexity index is 1120. The molecule has 3 aromatic rings. The van der Waals surface area contributed by atoms with E-state index in [0.29, 0.717) is 23.8 Å². The van der Waals surface area contributed by atoms with Crippen LogP contribution < -0.4 is 15.8 Å². The summed E-state index contributed by atoms with van der Waals surface area (Å²) >= 11 is 0. The van der Waals surface area contributed by atoms with E-state index >= 15 is 0 Å². The standard InChI is InChI=1S/C26H33N5O/c1-18-8-9-19(2)23(16-18)31-24(32)11-10-20-17-28-26(29-25(20)31)30(21-6-4-3-5-7-21)22-12-14-27-15-13-22/h3-7,10-11,17-19,22-23,27H,8-9,12-16H2,1-2H3. The van der Waals surface area contributed by atoms with Crippen molar-refractivity contribution in [3.8, 4) is 0 Å². The van der Waals surface area contributed by atoms with Gasteiger partial charge in [0.1, 0.15) is 5.65 Å². The maximum Gasteiger partial charge on any atom is 0.252 e. The first kappa shape index (κ1) is 21.1. The molecule has 32 heavy (non-hydrogen) atoms. The lowest BCUT2D eigenvalue weighted by atomic mass is 9.80. The highest BCUT2D eigenvalue weighted by Gasteiger charge is 2.30. The minimum Gasteiger partial charge on any atom is -0.317 e. The molecule has 2 fully saturated rings. The molecule has 3 unspecified atom stereocenters. The third-order valence-corrected chi connectivity index (χ3v) is 7.33. The molecule has 1 saturated carbocycles. The molecule has 1 N–H and O–H groups in total. The number of hydrogen-bond donors (Lipinski definition) is 1. The maximum absolute atomic E-state index is 13.1. The van der Waals surface area contributed by atoms with Crippen LogP contribution in [0, 0.1) is 11.8 Å². The number of nitrogens with zero attached hydrogens (tertiary/aromatic N) is 4. The van der Waals surface area contributed by atoms with E-state index in [1.165, 1.54) is 6.42 Å². The number of pyridine rings is 1. The summed E-state index contributed by atoms with van der Waals surface area (Å²) in [5.74, 6) is 1.77. The van der Waals surface area contributed by atoms with Gasteiger partial charge in [-0.1, -0.05) is 38.5 Å². The number of anilines is 2. The zero-order valence-electron chi connectivity index (χ0n) is 19.1. The van der Waals surface area contributed by atoms with Gasteiger partial charge in [0.2, 0.25) is 5.95 Å². The van der Waals surface area contributed by atoms with Crippen LogP contribution >= 0.6 is 0 Å². The van der Waals surface area contributed by atoms with Gasteiger partial charge < -0.3 is 10.2 Å². The molecule has 3 heterocycles. The fourth-order valence-electron chi connectivity index (χ4n) is 5.47. The molecular weight excluding hydrogens is 398 g/mol. The highest BCUT2D eigenvalue weighted by molar-refractivity contribution is 5.76.